The van der Waals surface area contributed by atoms with Crippen LogP contribution < -0.4 is 10.2 Å². The molecule has 1 N–H and O–H groups in total. The monoisotopic (exact) mass is 446 g/mol. The molecule has 4 rings (SSSR count). The molecular formula is C20H23FN6O3S. The fraction of sp³-hybridized carbons (Fsp3) is 0.400. The van der Waals surface area contributed by atoms with E-state index in [0.717, 1.165) is 17.3 Å². The molecule has 0 aliphatic heterocycles. The highest BCUT2D eigenvalue weighted by Gasteiger charge is 2.44. The average Bonchev–Trinajstić information content (AvgIpc) is 3.35. The molecule has 1 saturated carbocycles. The number of rotatable bonds is 6. The van der Waals surface area contributed by atoms with Crippen LogP contribution in [0.3, 0.4) is 0 Å². The Balaban J connectivity index is 1.77. The van der Waals surface area contributed by atoms with Crippen molar-refractivity contribution in [3.63, 3.8) is 0 Å². The van der Waals surface area contributed by atoms with E-state index in [-0.39, 0.29) is 17.3 Å². The first kappa shape index (κ1) is 21.2. The number of hydrogen-bond acceptors (Lipinski definition) is 7. The highest BCUT2D eigenvalue weighted by molar-refractivity contribution is 7.90. The van der Waals surface area contributed by atoms with Gasteiger partial charge in [-0.1, -0.05) is 6.92 Å². The highest BCUT2D eigenvalue weighted by Crippen LogP contribution is 2.36. The Bertz CT molecular complexity index is 1290. The summed E-state index contributed by atoms with van der Waals surface area (Å²) in [5, 5.41) is 2.72. The van der Waals surface area contributed by atoms with Crippen molar-refractivity contribution >= 4 is 44.1 Å². The molecule has 11 heteroatoms. The van der Waals surface area contributed by atoms with Gasteiger partial charge in [0, 0.05) is 26.4 Å². The SMILES string of the molecule is CCc1cc(S(C)(=O)=O)ncc1N(C)c1cc2c(ncn2C)c(NC(=O)[C@H]2C[C@H]2F)n1. The van der Waals surface area contributed by atoms with E-state index in [9.17, 15) is 17.6 Å². The van der Waals surface area contributed by atoms with Gasteiger partial charge in [0.1, 0.15) is 17.5 Å². The second kappa shape index (κ2) is 7.56. The van der Waals surface area contributed by atoms with Gasteiger partial charge < -0.3 is 14.8 Å². The zero-order chi connectivity index (χ0) is 22.5. The molecule has 0 spiro atoms. The first-order chi connectivity index (χ1) is 14.6. The number of anilines is 3. The van der Waals surface area contributed by atoms with Crippen LogP contribution >= 0.6 is 0 Å². The molecule has 3 heterocycles. The van der Waals surface area contributed by atoms with Gasteiger partial charge in [-0.15, -0.1) is 0 Å². The van der Waals surface area contributed by atoms with E-state index in [0.29, 0.717) is 23.4 Å². The zero-order valence-corrected chi connectivity index (χ0v) is 18.4. The predicted octanol–water partition coefficient (Wildman–Crippen LogP) is 2.39. The molecule has 1 aliphatic carbocycles. The number of imidazole rings is 1. The molecule has 1 aliphatic rings. The van der Waals surface area contributed by atoms with Crippen LogP contribution in [0.5, 0.6) is 0 Å². The molecular weight excluding hydrogens is 423 g/mol. The summed E-state index contributed by atoms with van der Waals surface area (Å²) in [5.41, 5.74) is 2.71. The molecule has 3 aromatic rings. The van der Waals surface area contributed by atoms with Gasteiger partial charge in [0.15, 0.2) is 20.7 Å². The lowest BCUT2D eigenvalue weighted by atomic mass is 10.1. The maximum absolute atomic E-state index is 13.3. The quantitative estimate of drug-likeness (QED) is 0.619. The Kier molecular flexibility index (Phi) is 5.16. The minimum Gasteiger partial charge on any atom is -0.334 e. The van der Waals surface area contributed by atoms with Crippen LogP contribution in [0.4, 0.5) is 21.7 Å². The standard InChI is InChI=1S/C20H23FN6O3S/c1-5-11-6-17(31(4,29)30)22-9-15(11)27(3)16-8-14-18(23-10-26(14)2)19(24-16)25-20(28)12-7-13(12)21/h6,8-10,12-13H,5,7H2,1-4H3,(H,24,25,28)/t12-,13+/m0/s1. The van der Waals surface area contributed by atoms with Gasteiger partial charge in [0.25, 0.3) is 0 Å². The van der Waals surface area contributed by atoms with Gasteiger partial charge in [-0.05, 0) is 24.5 Å². The summed E-state index contributed by atoms with van der Waals surface area (Å²) in [5.74, 6) is -0.313. The summed E-state index contributed by atoms with van der Waals surface area (Å²) in [6.45, 7) is 1.92. The Morgan fingerprint density at radius 1 is 1.35 bits per heavy atom. The lowest BCUT2D eigenvalue weighted by Gasteiger charge is -2.22. The number of hydrogen-bond donors (Lipinski definition) is 1. The largest absolute Gasteiger partial charge is 0.334 e. The van der Waals surface area contributed by atoms with Crippen LogP contribution in [-0.4, -0.2) is 53.3 Å². The van der Waals surface area contributed by atoms with Crippen molar-refractivity contribution in [1.29, 1.82) is 0 Å². The molecule has 31 heavy (non-hydrogen) atoms. The number of amides is 1. The number of carbonyl (C=O) groups excluding carboxylic acids is 1. The number of halogens is 1. The van der Waals surface area contributed by atoms with Gasteiger partial charge >= 0.3 is 0 Å². The molecule has 9 nitrogen and oxygen atoms in total. The van der Waals surface area contributed by atoms with E-state index in [4.69, 9.17) is 0 Å². The lowest BCUT2D eigenvalue weighted by Crippen LogP contribution is -2.19. The summed E-state index contributed by atoms with van der Waals surface area (Å²) < 4.78 is 38.9. The van der Waals surface area contributed by atoms with Gasteiger partial charge in [-0.25, -0.2) is 27.8 Å². The third-order valence-electron chi connectivity index (χ3n) is 5.40. The van der Waals surface area contributed by atoms with Crippen molar-refractivity contribution < 1.29 is 17.6 Å². The van der Waals surface area contributed by atoms with Crippen LogP contribution in [-0.2, 0) is 28.1 Å². The normalized spacial score (nSPS) is 18.2. The first-order valence-corrected chi connectivity index (χ1v) is 11.7. The second-order valence-corrected chi connectivity index (χ2v) is 9.70. The number of nitrogens with one attached hydrogen (secondary N) is 1. The number of pyridine rings is 2. The smallest absolute Gasteiger partial charge is 0.231 e. The lowest BCUT2D eigenvalue weighted by molar-refractivity contribution is -0.117. The number of carbonyl (C=O) groups is 1. The van der Waals surface area contributed by atoms with E-state index < -0.39 is 27.8 Å². The maximum Gasteiger partial charge on any atom is 0.231 e. The van der Waals surface area contributed by atoms with E-state index in [1.165, 1.54) is 6.20 Å². The Morgan fingerprint density at radius 3 is 2.68 bits per heavy atom. The third-order valence-corrected chi connectivity index (χ3v) is 6.38. The summed E-state index contributed by atoms with van der Waals surface area (Å²) in [6.07, 6.45) is 3.92. The first-order valence-electron chi connectivity index (χ1n) is 9.79. The summed E-state index contributed by atoms with van der Waals surface area (Å²) in [7, 11) is 0.174. The number of fused-ring (bicyclic) bond motifs is 1. The summed E-state index contributed by atoms with van der Waals surface area (Å²) in [6, 6.07) is 3.37. The van der Waals surface area contributed by atoms with Crippen LogP contribution in [0.2, 0.25) is 0 Å². The van der Waals surface area contributed by atoms with Crippen molar-refractivity contribution in [2.75, 3.05) is 23.5 Å². The van der Waals surface area contributed by atoms with Gasteiger partial charge in [-0.3, -0.25) is 4.79 Å². The fourth-order valence-corrected chi connectivity index (χ4v) is 4.00. The molecule has 0 aromatic carbocycles. The Labute approximate surface area is 179 Å². The highest BCUT2D eigenvalue weighted by atomic mass is 32.2. The maximum atomic E-state index is 13.3. The number of alkyl halides is 1. The molecule has 0 bridgehead atoms. The third kappa shape index (κ3) is 3.97. The number of nitrogens with zero attached hydrogens (tertiary/aromatic N) is 5. The second-order valence-electron chi connectivity index (χ2n) is 7.74. The zero-order valence-electron chi connectivity index (χ0n) is 17.6. The van der Waals surface area contributed by atoms with Crippen molar-refractivity contribution in [2.45, 2.75) is 31.0 Å². The van der Waals surface area contributed by atoms with E-state index in [1.54, 1.807) is 28.9 Å². The number of aromatic nitrogens is 4. The number of sulfone groups is 1. The minimum absolute atomic E-state index is 0.00899. The van der Waals surface area contributed by atoms with E-state index in [2.05, 4.69) is 20.3 Å². The van der Waals surface area contributed by atoms with Crippen molar-refractivity contribution in [1.82, 2.24) is 19.5 Å². The van der Waals surface area contributed by atoms with Crippen molar-refractivity contribution in [2.24, 2.45) is 13.0 Å². The van der Waals surface area contributed by atoms with Crippen LogP contribution in [0.1, 0.15) is 18.9 Å². The molecule has 164 valence electrons. The van der Waals surface area contributed by atoms with Gasteiger partial charge in [-0.2, -0.15) is 0 Å². The van der Waals surface area contributed by atoms with Crippen molar-refractivity contribution in [3.05, 3.63) is 30.2 Å². The van der Waals surface area contributed by atoms with Crippen LogP contribution in [0, 0.1) is 5.92 Å². The fourth-order valence-electron chi connectivity index (χ4n) is 3.40. The minimum atomic E-state index is -3.43. The van der Waals surface area contributed by atoms with E-state index >= 15 is 0 Å². The topological polar surface area (TPSA) is 110 Å². The molecule has 0 saturated heterocycles. The molecule has 1 amide bonds. The predicted molar refractivity (Wildman–Crippen MR) is 115 cm³/mol. The molecule has 3 aromatic heterocycles. The van der Waals surface area contributed by atoms with Gasteiger partial charge in [0.2, 0.25) is 5.91 Å². The van der Waals surface area contributed by atoms with Crippen LogP contribution in [0.15, 0.2) is 29.7 Å². The van der Waals surface area contributed by atoms with Crippen LogP contribution in [0.25, 0.3) is 11.0 Å². The number of aryl methyl sites for hydroxylation is 2. The Morgan fingerprint density at radius 2 is 2.06 bits per heavy atom. The summed E-state index contributed by atoms with van der Waals surface area (Å²) in [4.78, 5) is 27.1. The van der Waals surface area contributed by atoms with Gasteiger partial charge in [0.05, 0.1) is 29.6 Å². The van der Waals surface area contributed by atoms with E-state index in [1.807, 2.05) is 20.0 Å². The average molecular weight is 447 g/mol. The molecule has 1 fully saturated rings. The van der Waals surface area contributed by atoms with Crippen molar-refractivity contribution in [3.8, 4) is 0 Å². The molecule has 2 atom stereocenters. The molecule has 0 radical (unpaired) electrons. The summed E-state index contributed by atoms with van der Waals surface area (Å²) >= 11 is 0. The Hall–Kier alpha value is -3.08. The molecule has 0 unspecified atom stereocenters.